The molecule has 1 aliphatic heterocycles. The van der Waals surface area contributed by atoms with E-state index in [1.165, 1.54) is 35.2 Å². The van der Waals surface area contributed by atoms with Gasteiger partial charge in [0.25, 0.3) is 0 Å². The van der Waals surface area contributed by atoms with Gasteiger partial charge < -0.3 is 9.64 Å². The molecule has 0 aromatic heterocycles. The summed E-state index contributed by atoms with van der Waals surface area (Å²) < 4.78 is 6.16. The first-order valence-corrected chi connectivity index (χ1v) is 11.7. The smallest absolute Gasteiger partial charge is 0.119 e. The van der Waals surface area contributed by atoms with E-state index in [4.69, 9.17) is 4.74 Å². The van der Waals surface area contributed by atoms with Crippen molar-refractivity contribution >= 4 is 18.1 Å². The molecule has 0 N–H and O–H groups in total. The molecule has 1 saturated heterocycles. The van der Waals surface area contributed by atoms with Crippen molar-refractivity contribution in [3.8, 4) is 5.75 Å². The van der Waals surface area contributed by atoms with Gasteiger partial charge in [-0.1, -0.05) is 54.6 Å². The third kappa shape index (κ3) is 5.28. The van der Waals surface area contributed by atoms with Gasteiger partial charge in [-0.3, -0.25) is 4.90 Å². The zero-order valence-electron chi connectivity index (χ0n) is 18.7. The molecular formula is C28H33ClN2O. The summed E-state index contributed by atoms with van der Waals surface area (Å²) in [4.78, 5) is 5.05. The number of hydrogen-bond donors (Lipinski definition) is 0. The highest BCUT2D eigenvalue weighted by Gasteiger charge is 2.24. The van der Waals surface area contributed by atoms with Crippen LogP contribution in [0.5, 0.6) is 5.75 Å². The maximum absolute atomic E-state index is 6.16. The number of anilines is 1. The normalized spacial score (nSPS) is 18.1. The molecular weight excluding hydrogens is 416 g/mol. The van der Waals surface area contributed by atoms with Crippen LogP contribution in [0.15, 0.2) is 78.9 Å². The van der Waals surface area contributed by atoms with Crippen LogP contribution in [0.4, 0.5) is 5.69 Å². The maximum atomic E-state index is 6.16. The summed E-state index contributed by atoms with van der Waals surface area (Å²) in [5.74, 6) is 1.54. The second kappa shape index (κ2) is 10.9. The number of benzene rings is 3. The lowest BCUT2D eigenvalue weighted by Gasteiger charge is -2.36. The standard InChI is InChI=1S/C28H32N2O.ClH/c1-3-8-23(9-4-1)27-15-13-24-12-14-26(22-28(24)27)31-21-7-16-29-17-19-30(20-18-29)25-10-5-2-6-11-25;/h1-6,8-12,14,22,27H,7,13,15-21H2;1H. The van der Waals surface area contributed by atoms with Crippen molar-refractivity contribution in [3.63, 3.8) is 0 Å². The first-order chi connectivity index (χ1) is 15.4. The monoisotopic (exact) mass is 448 g/mol. The van der Waals surface area contributed by atoms with Crippen LogP contribution in [0.1, 0.15) is 35.4 Å². The fraction of sp³-hybridized carbons (Fsp3) is 0.357. The fourth-order valence-corrected chi connectivity index (χ4v) is 5.05. The van der Waals surface area contributed by atoms with E-state index >= 15 is 0 Å². The Kier molecular flexibility index (Phi) is 7.72. The molecule has 5 rings (SSSR count). The topological polar surface area (TPSA) is 15.7 Å². The molecule has 3 aromatic carbocycles. The van der Waals surface area contributed by atoms with E-state index in [1.807, 2.05) is 0 Å². The van der Waals surface area contributed by atoms with E-state index in [0.717, 1.165) is 51.5 Å². The van der Waals surface area contributed by atoms with E-state index in [0.29, 0.717) is 5.92 Å². The summed E-state index contributed by atoms with van der Waals surface area (Å²) >= 11 is 0. The van der Waals surface area contributed by atoms with Crippen LogP contribution < -0.4 is 9.64 Å². The predicted molar refractivity (Wildman–Crippen MR) is 136 cm³/mol. The number of rotatable bonds is 7. The van der Waals surface area contributed by atoms with E-state index in [2.05, 4.69) is 88.7 Å². The Balaban J connectivity index is 0.00000245. The lowest BCUT2D eigenvalue weighted by molar-refractivity contribution is 0.224. The predicted octanol–water partition coefficient (Wildman–Crippen LogP) is 5.78. The number of nitrogens with zero attached hydrogens (tertiary/aromatic N) is 2. The number of para-hydroxylation sites is 1. The van der Waals surface area contributed by atoms with Gasteiger partial charge in [0.1, 0.15) is 5.75 Å². The minimum atomic E-state index is 0. The molecule has 0 amide bonds. The average Bonchev–Trinajstić information content (AvgIpc) is 3.27. The molecule has 32 heavy (non-hydrogen) atoms. The quantitative estimate of drug-likeness (QED) is 0.426. The molecule has 1 aliphatic carbocycles. The van der Waals surface area contributed by atoms with Gasteiger partial charge >= 0.3 is 0 Å². The van der Waals surface area contributed by atoms with Crippen LogP contribution in [0.3, 0.4) is 0 Å². The molecule has 1 fully saturated rings. The van der Waals surface area contributed by atoms with Crippen molar-refractivity contribution < 1.29 is 4.74 Å². The average molecular weight is 449 g/mol. The van der Waals surface area contributed by atoms with Gasteiger partial charge in [0.05, 0.1) is 6.61 Å². The molecule has 1 atom stereocenters. The third-order valence-electron chi connectivity index (χ3n) is 6.78. The highest BCUT2D eigenvalue weighted by atomic mass is 35.5. The minimum absolute atomic E-state index is 0. The molecule has 1 heterocycles. The number of aryl methyl sites for hydroxylation is 1. The summed E-state index contributed by atoms with van der Waals surface area (Å²) in [6, 6.07) is 28.4. The second-order valence-corrected chi connectivity index (χ2v) is 8.73. The zero-order chi connectivity index (χ0) is 20.9. The van der Waals surface area contributed by atoms with Crippen LogP contribution >= 0.6 is 12.4 Å². The van der Waals surface area contributed by atoms with Crippen molar-refractivity contribution in [3.05, 3.63) is 95.6 Å². The number of fused-ring (bicyclic) bond motifs is 1. The summed E-state index contributed by atoms with van der Waals surface area (Å²) in [7, 11) is 0. The Labute approximate surface area is 198 Å². The number of halogens is 1. The molecule has 0 spiro atoms. The van der Waals surface area contributed by atoms with Gasteiger partial charge in [-0.05, 0) is 60.2 Å². The highest BCUT2D eigenvalue weighted by molar-refractivity contribution is 5.85. The van der Waals surface area contributed by atoms with Gasteiger partial charge in [-0.25, -0.2) is 0 Å². The van der Waals surface area contributed by atoms with Gasteiger partial charge in [-0.15, -0.1) is 12.4 Å². The molecule has 168 valence electrons. The van der Waals surface area contributed by atoms with Crippen molar-refractivity contribution in [2.24, 2.45) is 0 Å². The molecule has 0 bridgehead atoms. The maximum Gasteiger partial charge on any atom is 0.119 e. The summed E-state index contributed by atoms with van der Waals surface area (Å²) in [6.07, 6.45) is 3.45. The first kappa shape index (κ1) is 22.7. The lowest BCUT2D eigenvalue weighted by atomic mass is 9.93. The van der Waals surface area contributed by atoms with E-state index in [9.17, 15) is 0 Å². The molecule has 3 aromatic rings. The third-order valence-corrected chi connectivity index (χ3v) is 6.78. The van der Waals surface area contributed by atoms with Crippen molar-refractivity contribution in [2.75, 3.05) is 44.2 Å². The molecule has 0 radical (unpaired) electrons. The second-order valence-electron chi connectivity index (χ2n) is 8.73. The number of hydrogen-bond acceptors (Lipinski definition) is 3. The van der Waals surface area contributed by atoms with Crippen molar-refractivity contribution in [1.82, 2.24) is 4.90 Å². The Morgan fingerprint density at radius 1 is 0.812 bits per heavy atom. The van der Waals surface area contributed by atoms with Gasteiger partial charge in [0, 0.05) is 44.3 Å². The molecule has 0 saturated carbocycles. The zero-order valence-corrected chi connectivity index (χ0v) is 19.5. The SMILES string of the molecule is Cl.c1ccc(C2CCc3ccc(OCCCN4CCN(c5ccccc5)CC4)cc32)cc1. The largest absolute Gasteiger partial charge is 0.494 e. The van der Waals surface area contributed by atoms with Crippen LogP contribution in [0.25, 0.3) is 0 Å². The number of piperazine rings is 1. The molecule has 4 heteroatoms. The van der Waals surface area contributed by atoms with Gasteiger partial charge in [-0.2, -0.15) is 0 Å². The molecule has 1 unspecified atom stereocenters. The van der Waals surface area contributed by atoms with Crippen molar-refractivity contribution in [1.29, 1.82) is 0 Å². The van der Waals surface area contributed by atoms with Crippen LogP contribution in [0.2, 0.25) is 0 Å². The van der Waals surface area contributed by atoms with E-state index in [-0.39, 0.29) is 12.4 Å². The summed E-state index contributed by atoms with van der Waals surface area (Å²) in [5.41, 5.74) is 5.71. The molecule has 3 nitrogen and oxygen atoms in total. The summed E-state index contributed by atoms with van der Waals surface area (Å²) in [6.45, 7) is 6.38. The Bertz CT molecular complexity index is 971. The number of ether oxygens (including phenoxy) is 1. The van der Waals surface area contributed by atoms with E-state index in [1.54, 1.807) is 0 Å². The van der Waals surface area contributed by atoms with Crippen molar-refractivity contribution in [2.45, 2.75) is 25.2 Å². The van der Waals surface area contributed by atoms with E-state index < -0.39 is 0 Å². The Morgan fingerprint density at radius 2 is 1.53 bits per heavy atom. The minimum Gasteiger partial charge on any atom is -0.494 e. The Hall–Kier alpha value is -2.49. The Morgan fingerprint density at radius 3 is 2.28 bits per heavy atom. The molecule has 2 aliphatic rings. The fourth-order valence-electron chi connectivity index (χ4n) is 5.05. The van der Waals surface area contributed by atoms with Crippen LogP contribution in [0, 0.1) is 0 Å². The first-order valence-electron chi connectivity index (χ1n) is 11.7. The van der Waals surface area contributed by atoms with Crippen LogP contribution in [-0.2, 0) is 6.42 Å². The highest BCUT2D eigenvalue weighted by Crippen LogP contribution is 2.39. The van der Waals surface area contributed by atoms with Gasteiger partial charge in [0.2, 0.25) is 0 Å². The lowest BCUT2D eigenvalue weighted by Crippen LogP contribution is -2.46. The van der Waals surface area contributed by atoms with Crippen LogP contribution in [-0.4, -0.2) is 44.2 Å². The van der Waals surface area contributed by atoms with Gasteiger partial charge in [0.15, 0.2) is 0 Å². The summed E-state index contributed by atoms with van der Waals surface area (Å²) in [5, 5.41) is 0.